The van der Waals surface area contributed by atoms with Crippen LogP contribution in [0.15, 0.2) is 59.5 Å². The Bertz CT molecular complexity index is 885. The van der Waals surface area contributed by atoms with Crippen LogP contribution in [0.2, 0.25) is 0 Å². The number of hydrogen-bond acceptors (Lipinski definition) is 4. The van der Waals surface area contributed by atoms with Gasteiger partial charge in [-0.2, -0.15) is 0 Å². The zero-order valence-electron chi connectivity index (χ0n) is 13.0. The quantitative estimate of drug-likeness (QED) is 0.699. The van der Waals surface area contributed by atoms with Gasteiger partial charge in [-0.1, -0.05) is 36.4 Å². The zero-order valence-corrected chi connectivity index (χ0v) is 13.0. The van der Waals surface area contributed by atoms with E-state index in [1.807, 2.05) is 30.3 Å². The summed E-state index contributed by atoms with van der Waals surface area (Å²) in [6, 6.07) is 14.5. The van der Waals surface area contributed by atoms with Crippen molar-refractivity contribution < 1.29 is 9.90 Å². The maximum atomic E-state index is 12.1. The van der Waals surface area contributed by atoms with Crippen molar-refractivity contribution in [3.05, 3.63) is 70.8 Å². The lowest BCUT2D eigenvalue weighted by molar-refractivity contribution is -0.121. The summed E-state index contributed by atoms with van der Waals surface area (Å²) in [5.41, 5.74) is 0.947. The zero-order chi connectivity index (χ0) is 16.9. The van der Waals surface area contributed by atoms with Gasteiger partial charge in [-0.25, -0.2) is 9.48 Å². The molecule has 0 radical (unpaired) electrons. The Kier molecular flexibility index (Phi) is 4.72. The maximum absolute atomic E-state index is 12.1. The number of nitrogens with one attached hydrogen (secondary N) is 1. The van der Waals surface area contributed by atoms with Crippen LogP contribution >= 0.6 is 0 Å². The fourth-order valence-electron chi connectivity index (χ4n) is 2.45. The number of carbonyl (C=O) groups excluding carboxylic acids is 1. The SMILES string of the molecule is O=C(Cn1nc2ccccn2c1=O)NCCC(O)c1ccccc1. The fourth-order valence-corrected chi connectivity index (χ4v) is 2.45. The molecule has 0 saturated carbocycles. The third-order valence-corrected chi connectivity index (χ3v) is 3.71. The number of nitrogens with zero attached hydrogens (tertiary/aromatic N) is 3. The largest absolute Gasteiger partial charge is 0.388 e. The van der Waals surface area contributed by atoms with E-state index in [0.29, 0.717) is 18.6 Å². The van der Waals surface area contributed by atoms with Crippen molar-refractivity contribution in [2.75, 3.05) is 6.54 Å². The minimum Gasteiger partial charge on any atom is -0.388 e. The molecule has 1 atom stereocenters. The molecule has 0 aliphatic rings. The molecular formula is C17H18N4O3. The number of amides is 1. The van der Waals surface area contributed by atoms with Gasteiger partial charge in [0, 0.05) is 12.7 Å². The van der Waals surface area contributed by atoms with Crippen molar-refractivity contribution in [2.45, 2.75) is 19.1 Å². The summed E-state index contributed by atoms with van der Waals surface area (Å²) in [6.07, 6.45) is 1.37. The summed E-state index contributed by atoms with van der Waals surface area (Å²) < 4.78 is 2.50. The van der Waals surface area contributed by atoms with E-state index in [0.717, 1.165) is 10.2 Å². The fraction of sp³-hybridized carbons (Fsp3) is 0.235. The average Bonchev–Trinajstić information content (AvgIpc) is 2.92. The monoisotopic (exact) mass is 326 g/mol. The number of carbonyl (C=O) groups is 1. The van der Waals surface area contributed by atoms with Crippen LogP contribution in [-0.2, 0) is 11.3 Å². The smallest absolute Gasteiger partial charge is 0.350 e. The van der Waals surface area contributed by atoms with Crippen LogP contribution in [0.4, 0.5) is 0 Å². The Morgan fingerprint density at radius 3 is 2.67 bits per heavy atom. The van der Waals surface area contributed by atoms with Crippen LogP contribution in [0.1, 0.15) is 18.1 Å². The minimum atomic E-state index is -0.635. The Labute approximate surface area is 138 Å². The topological polar surface area (TPSA) is 88.6 Å². The summed E-state index contributed by atoms with van der Waals surface area (Å²) in [6.45, 7) is 0.166. The van der Waals surface area contributed by atoms with Crippen LogP contribution in [0.25, 0.3) is 5.65 Å². The third kappa shape index (κ3) is 3.52. The van der Waals surface area contributed by atoms with Crippen LogP contribution in [-0.4, -0.2) is 31.7 Å². The van der Waals surface area contributed by atoms with Gasteiger partial charge in [0.05, 0.1) is 6.10 Å². The van der Waals surface area contributed by atoms with Gasteiger partial charge >= 0.3 is 5.69 Å². The molecule has 2 heterocycles. The van der Waals surface area contributed by atoms with Gasteiger partial charge in [-0.3, -0.25) is 9.20 Å². The van der Waals surface area contributed by atoms with Crippen molar-refractivity contribution in [2.24, 2.45) is 0 Å². The molecule has 7 nitrogen and oxygen atoms in total. The Morgan fingerprint density at radius 1 is 1.17 bits per heavy atom. The minimum absolute atomic E-state index is 0.151. The van der Waals surface area contributed by atoms with Crippen molar-refractivity contribution in [3.63, 3.8) is 0 Å². The highest BCUT2D eigenvalue weighted by Crippen LogP contribution is 2.14. The van der Waals surface area contributed by atoms with Crippen molar-refractivity contribution in [1.82, 2.24) is 19.5 Å². The van der Waals surface area contributed by atoms with Crippen molar-refractivity contribution in [3.8, 4) is 0 Å². The molecule has 0 spiro atoms. The molecule has 1 amide bonds. The van der Waals surface area contributed by atoms with E-state index >= 15 is 0 Å². The van der Waals surface area contributed by atoms with Gasteiger partial charge in [0.1, 0.15) is 6.54 Å². The third-order valence-electron chi connectivity index (χ3n) is 3.71. The number of fused-ring (bicyclic) bond motifs is 1. The van der Waals surface area contributed by atoms with Crippen molar-refractivity contribution >= 4 is 11.6 Å². The Morgan fingerprint density at radius 2 is 1.92 bits per heavy atom. The van der Waals surface area contributed by atoms with E-state index in [1.54, 1.807) is 24.4 Å². The molecule has 124 valence electrons. The lowest BCUT2D eigenvalue weighted by atomic mass is 10.1. The number of rotatable bonds is 6. The van der Waals surface area contributed by atoms with E-state index in [-0.39, 0.29) is 18.1 Å². The van der Waals surface area contributed by atoms with Crippen LogP contribution in [0, 0.1) is 0 Å². The Balaban J connectivity index is 1.54. The first kappa shape index (κ1) is 15.9. The maximum Gasteiger partial charge on any atom is 0.350 e. The van der Waals surface area contributed by atoms with E-state index in [1.165, 1.54) is 4.40 Å². The summed E-state index contributed by atoms with van der Waals surface area (Å²) in [4.78, 5) is 24.0. The number of pyridine rings is 1. The summed E-state index contributed by atoms with van der Waals surface area (Å²) >= 11 is 0. The normalized spacial score (nSPS) is 12.2. The molecule has 3 aromatic rings. The molecule has 1 unspecified atom stereocenters. The highest BCUT2D eigenvalue weighted by atomic mass is 16.3. The molecule has 0 aliphatic heterocycles. The summed E-state index contributed by atoms with van der Waals surface area (Å²) in [5, 5.41) is 16.8. The summed E-state index contributed by atoms with van der Waals surface area (Å²) in [5.74, 6) is -0.319. The predicted octanol–water partition coefficient (Wildman–Crippen LogP) is 0.736. The standard InChI is InChI=1S/C17H18N4O3/c22-14(13-6-2-1-3-7-13)9-10-18-16(23)12-21-17(24)20-11-5-4-8-15(20)19-21/h1-8,11,14,22H,9-10,12H2,(H,18,23). The second kappa shape index (κ2) is 7.10. The molecule has 2 aromatic heterocycles. The van der Waals surface area contributed by atoms with Gasteiger partial charge < -0.3 is 10.4 Å². The number of aromatic nitrogens is 3. The molecule has 24 heavy (non-hydrogen) atoms. The molecule has 0 bridgehead atoms. The lowest BCUT2D eigenvalue weighted by Crippen LogP contribution is -2.33. The van der Waals surface area contributed by atoms with Gasteiger partial charge in [0.2, 0.25) is 5.91 Å². The summed E-state index contributed by atoms with van der Waals surface area (Å²) in [7, 11) is 0. The van der Waals surface area contributed by atoms with Crippen LogP contribution in [0.3, 0.4) is 0 Å². The molecule has 1 aromatic carbocycles. The number of hydrogen-bond donors (Lipinski definition) is 2. The van der Waals surface area contributed by atoms with E-state index in [9.17, 15) is 14.7 Å². The van der Waals surface area contributed by atoms with E-state index in [4.69, 9.17) is 0 Å². The second-order valence-electron chi connectivity index (χ2n) is 5.43. The second-order valence-corrected chi connectivity index (χ2v) is 5.43. The van der Waals surface area contributed by atoms with Gasteiger partial charge in [-0.05, 0) is 24.1 Å². The highest BCUT2D eigenvalue weighted by Gasteiger charge is 2.11. The first-order valence-electron chi connectivity index (χ1n) is 7.69. The molecule has 0 aliphatic carbocycles. The number of aliphatic hydroxyl groups excluding tert-OH is 1. The Hall–Kier alpha value is -2.93. The van der Waals surface area contributed by atoms with Gasteiger partial charge in [0.15, 0.2) is 5.65 Å². The predicted molar refractivity (Wildman–Crippen MR) is 88.5 cm³/mol. The van der Waals surface area contributed by atoms with Gasteiger partial charge in [0.25, 0.3) is 0 Å². The first-order chi connectivity index (χ1) is 11.6. The first-order valence-corrected chi connectivity index (χ1v) is 7.69. The average molecular weight is 326 g/mol. The number of benzene rings is 1. The molecule has 2 N–H and O–H groups in total. The van der Waals surface area contributed by atoms with Crippen LogP contribution < -0.4 is 11.0 Å². The molecule has 0 saturated heterocycles. The highest BCUT2D eigenvalue weighted by molar-refractivity contribution is 5.75. The lowest BCUT2D eigenvalue weighted by Gasteiger charge is -2.11. The van der Waals surface area contributed by atoms with Crippen molar-refractivity contribution in [1.29, 1.82) is 0 Å². The van der Waals surface area contributed by atoms with Gasteiger partial charge in [-0.15, -0.1) is 5.10 Å². The number of aliphatic hydroxyl groups is 1. The van der Waals surface area contributed by atoms with E-state index in [2.05, 4.69) is 10.4 Å². The molecule has 7 heteroatoms. The van der Waals surface area contributed by atoms with E-state index < -0.39 is 6.10 Å². The molecular weight excluding hydrogens is 308 g/mol. The van der Waals surface area contributed by atoms with Crippen LogP contribution in [0.5, 0.6) is 0 Å². The molecule has 0 fully saturated rings. The molecule has 3 rings (SSSR count).